The van der Waals surface area contributed by atoms with Crippen molar-refractivity contribution in [1.82, 2.24) is 20.4 Å². The summed E-state index contributed by atoms with van der Waals surface area (Å²) in [6, 6.07) is -0.414. The summed E-state index contributed by atoms with van der Waals surface area (Å²) < 4.78 is 0. The first-order chi connectivity index (χ1) is 10.5. The van der Waals surface area contributed by atoms with Gasteiger partial charge in [0.1, 0.15) is 12.1 Å². The average Bonchev–Trinajstić information content (AvgIpc) is 2.76. The van der Waals surface area contributed by atoms with Gasteiger partial charge in [-0.3, -0.25) is 14.5 Å². The number of hydrogen-bond acceptors (Lipinski definition) is 4. The molecule has 8 heteroatoms. The van der Waals surface area contributed by atoms with Crippen molar-refractivity contribution in [3.05, 3.63) is 0 Å². The van der Waals surface area contributed by atoms with Crippen LogP contribution < -0.4 is 10.6 Å². The summed E-state index contributed by atoms with van der Waals surface area (Å²) in [5.41, 5.74) is -0.757. The van der Waals surface area contributed by atoms with Crippen LogP contribution in [0.2, 0.25) is 0 Å². The summed E-state index contributed by atoms with van der Waals surface area (Å²) in [5, 5.41) is 6.03. The van der Waals surface area contributed by atoms with Crippen LogP contribution in [0.15, 0.2) is 0 Å². The van der Waals surface area contributed by atoms with Gasteiger partial charge in [0.05, 0.1) is 0 Å². The highest BCUT2D eigenvalue weighted by atomic mass is 35.5. The van der Waals surface area contributed by atoms with Gasteiger partial charge in [-0.25, -0.2) is 4.79 Å². The topological polar surface area (TPSA) is 81.8 Å². The largest absolute Gasteiger partial charge is 0.339 e. The predicted octanol–water partition coefficient (Wildman–Crippen LogP) is 0.341. The van der Waals surface area contributed by atoms with Crippen molar-refractivity contribution in [2.45, 2.75) is 38.1 Å². The first-order valence-corrected chi connectivity index (χ1v) is 8.14. The Kier molecular flexibility index (Phi) is 5.52. The Labute approximate surface area is 142 Å². The number of nitrogens with one attached hydrogen (secondary N) is 2. The molecule has 4 amide bonds. The van der Waals surface area contributed by atoms with Crippen LogP contribution in [0.3, 0.4) is 0 Å². The van der Waals surface area contributed by atoms with Crippen molar-refractivity contribution in [3.63, 3.8) is 0 Å². The van der Waals surface area contributed by atoms with Gasteiger partial charge in [-0.1, -0.05) is 6.92 Å². The number of carbonyl (C=O) groups excluding carboxylic acids is 3. The van der Waals surface area contributed by atoms with E-state index in [1.807, 2.05) is 0 Å². The zero-order chi connectivity index (χ0) is 15.7. The Hall–Kier alpha value is -1.34. The Bertz CT molecular complexity index is 485. The first kappa shape index (κ1) is 18.0. The lowest BCUT2D eigenvalue weighted by Gasteiger charge is -2.33. The molecule has 23 heavy (non-hydrogen) atoms. The second kappa shape index (κ2) is 7.05. The predicted molar refractivity (Wildman–Crippen MR) is 87.3 cm³/mol. The van der Waals surface area contributed by atoms with Gasteiger partial charge in [-0.05, 0) is 31.6 Å². The Balaban J connectivity index is 0.00000192. The molecule has 2 N–H and O–H groups in total. The summed E-state index contributed by atoms with van der Waals surface area (Å²) in [6.07, 6.45) is 3.23. The molecule has 2 saturated heterocycles. The lowest BCUT2D eigenvalue weighted by molar-refractivity contribution is -0.140. The highest BCUT2D eigenvalue weighted by Gasteiger charge is 2.52. The molecule has 0 atom stereocenters. The van der Waals surface area contributed by atoms with E-state index in [0.717, 1.165) is 30.8 Å². The number of nitrogens with zero attached hydrogens (tertiary/aromatic N) is 2. The maximum atomic E-state index is 12.7. The second-order valence-corrected chi connectivity index (χ2v) is 6.72. The normalized spacial score (nSPS) is 31.1. The number of hydrogen-bond donors (Lipinski definition) is 2. The van der Waals surface area contributed by atoms with E-state index in [-0.39, 0.29) is 30.8 Å². The summed E-state index contributed by atoms with van der Waals surface area (Å²) >= 11 is 0. The van der Waals surface area contributed by atoms with Gasteiger partial charge in [0.15, 0.2) is 0 Å². The zero-order valence-corrected chi connectivity index (χ0v) is 14.3. The molecule has 3 fully saturated rings. The summed E-state index contributed by atoms with van der Waals surface area (Å²) in [4.78, 5) is 40.0. The quantitative estimate of drug-likeness (QED) is 0.708. The van der Waals surface area contributed by atoms with Crippen LogP contribution in [0.1, 0.15) is 32.6 Å². The van der Waals surface area contributed by atoms with Gasteiger partial charge < -0.3 is 15.5 Å². The fraction of sp³-hybridized carbons (Fsp3) is 0.800. The van der Waals surface area contributed by atoms with E-state index < -0.39 is 11.6 Å². The van der Waals surface area contributed by atoms with Crippen molar-refractivity contribution >= 4 is 30.3 Å². The average molecular weight is 345 g/mol. The molecule has 3 aliphatic rings. The number of imide groups is 1. The molecule has 2 aliphatic heterocycles. The molecule has 1 aliphatic carbocycles. The molecule has 1 spiro atoms. The molecule has 0 radical (unpaired) electrons. The molecule has 0 bridgehead atoms. The fourth-order valence-corrected chi connectivity index (χ4v) is 3.56. The number of carbonyl (C=O) groups is 3. The molecule has 3 rings (SSSR count). The van der Waals surface area contributed by atoms with Crippen LogP contribution in [-0.4, -0.2) is 65.9 Å². The molecular formula is C15H25ClN4O3. The SMILES string of the molecule is CC1CCC2(CC1)NC(=O)N(CC(=O)N1CCNCC1)C2=O.Cl. The molecule has 0 unspecified atom stereocenters. The van der Waals surface area contributed by atoms with Crippen molar-refractivity contribution in [1.29, 1.82) is 0 Å². The van der Waals surface area contributed by atoms with Crippen LogP contribution in [0.4, 0.5) is 4.79 Å². The lowest BCUT2D eigenvalue weighted by atomic mass is 9.77. The van der Waals surface area contributed by atoms with Crippen LogP contribution >= 0.6 is 12.4 Å². The van der Waals surface area contributed by atoms with E-state index in [4.69, 9.17) is 0 Å². The van der Waals surface area contributed by atoms with Crippen molar-refractivity contribution in [2.24, 2.45) is 5.92 Å². The van der Waals surface area contributed by atoms with E-state index in [2.05, 4.69) is 17.6 Å². The third-order valence-electron chi connectivity index (χ3n) is 5.14. The van der Waals surface area contributed by atoms with Gasteiger partial charge in [0, 0.05) is 26.2 Å². The van der Waals surface area contributed by atoms with Gasteiger partial charge in [0.2, 0.25) is 5.91 Å². The maximum absolute atomic E-state index is 12.7. The minimum atomic E-state index is -0.757. The molecule has 7 nitrogen and oxygen atoms in total. The summed E-state index contributed by atoms with van der Waals surface area (Å²) in [5.74, 6) is 0.228. The number of piperazine rings is 1. The van der Waals surface area contributed by atoms with Gasteiger partial charge >= 0.3 is 6.03 Å². The molecule has 130 valence electrons. The van der Waals surface area contributed by atoms with Crippen molar-refractivity contribution in [3.8, 4) is 0 Å². The Morgan fingerprint density at radius 3 is 2.43 bits per heavy atom. The monoisotopic (exact) mass is 344 g/mol. The highest BCUT2D eigenvalue weighted by Crippen LogP contribution is 2.36. The van der Waals surface area contributed by atoms with Crippen molar-refractivity contribution < 1.29 is 14.4 Å². The Morgan fingerprint density at radius 2 is 1.83 bits per heavy atom. The molecule has 0 aromatic heterocycles. The standard InChI is InChI=1S/C15H24N4O3.ClH/c1-11-2-4-15(5-3-11)13(21)19(14(22)17-15)10-12(20)18-8-6-16-7-9-18;/h11,16H,2-10H2,1H3,(H,17,22);1H. The third-order valence-corrected chi connectivity index (χ3v) is 5.14. The minimum absolute atomic E-state index is 0. The van der Waals surface area contributed by atoms with Gasteiger partial charge in [-0.15, -0.1) is 12.4 Å². The van der Waals surface area contributed by atoms with E-state index in [1.54, 1.807) is 4.90 Å². The van der Waals surface area contributed by atoms with E-state index in [1.165, 1.54) is 0 Å². The number of halogens is 1. The fourth-order valence-electron chi connectivity index (χ4n) is 3.56. The molecule has 1 saturated carbocycles. The van der Waals surface area contributed by atoms with Crippen LogP contribution in [0, 0.1) is 5.92 Å². The molecule has 2 heterocycles. The number of urea groups is 1. The van der Waals surface area contributed by atoms with Crippen LogP contribution in [-0.2, 0) is 9.59 Å². The summed E-state index contributed by atoms with van der Waals surface area (Å²) in [7, 11) is 0. The van der Waals surface area contributed by atoms with Crippen LogP contribution in [0.25, 0.3) is 0 Å². The smallest absolute Gasteiger partial charge is 0.325 e. The van der Waals surface area contributed by atoms with E-state index in [0.29, 0.717) is 31.8 Å². The zero-order valence-electron chi connectivity index (χ0n) is 13.5. The van der Waals surface area contributed by atoms with E-state index >= 15 is 0 Å². The van der Waals surface area contributed by atoms with Gasteiger partial charge in [0.25, 0.3) is 5.91 Å². The molecular weight excluding hydrogens is 320 g/mol. The number of rotatable bonds is 2. The highest BCUT2D eigenvalue weighted by molar-refractivity contribution is 6.09. The Morgan fingerprint density at radius 1 is 1.22 bits per heavy atom. The second-order valence-electron chi connectivity index (χ2n) is 6.72. The number of amides is 4. The first-order valence-electron chi connectivity index (χ1n) is 8.14. The molecule has 0 aromatic rings. The van der Waals surface area contributed by atoms with Crippen LogP contribution in [0.5, 0.6) is 0 Å². The summed E-state index contributed by atoms with van der Waals surface area (Å²) in [6.45, 7) is 4.81. The molecule has 0 aromatic carbocycles. The lowest BCUT2D eigenvalue weighted by Crippen LogP contribution is -2.51. The minimum Gasteiger partial charge on any atom is -0.339 e. The van der Waals surface area contributed by atoms with Crippen molar-refractivity contribution in [2.75, 3.05) is 32.7 Å². The third kappa shape index (κ3) is 3.45. The maximum Gasteiger partial charge on any atom is 0.325 e. The van der Waals surface area contributed by atoms with E-state index in [9.17, 15) is 14.4 Å². The van der Waals surface area contributed by atoms with Gasteiger partial charge in [-0.2, -0.15) is 0 Å².